The Labute approximate surface area is 99.9 Å². The Morgan fingerprint density at radius 1 is 1.47 bits per heavy atom. The molecule has 0 saturated carbocycles. The summed E-state index contributed by atoms with van der Waals surface area (Å²) in [5, 5.41) is 8.61. The van der Waals surface area contributed by atoms with Crippen molar-refractivity contribution in [1.82, 2.24) is 0 Å². The number of rotatable bonds is 4. The lowest BCUT2D eigenvalue weighted by Gasteiger charge is -2.15. The number of carbonyl (C=O) groups is 2. The number of nitrogens with zero attached hydrogens (tertiary/aromatic N) is 1. The summed E-state index contributed by atoms with van der Waals surface area (Å²) in [5.41, 5.74) is 3.09. The first-order valence-electron chi connectivity index (χ1n) is 5.68. The molecule has 1 aliphatic heterocycles. The lowest BCUT2D eigenvalue weighted by molar-refractivity contribution is -0.137. The molecule has 4 heteroatoms. The van der Waals surface area contributed by atoms with Gasteiger partial charge in [-0.2, -0.15) is 0 Å². The number of hydrogen-bond acceptors (Lipinski definition) is 2. The van der Waals surface area contributed by atoms with E-state index in [1.165, 1.54) is 0 Å². The molecule has 1 N–H and O–H groups in total. The summed E-state index contributed by atoms with van der Waals surface area (Å²) in [6, 6.07) is 5.86. The van der Waals surface area contributed by atoms with E-state index < -0.39 is 5.97 Å². The molecule has 0 atom stereocenters. The van der Waals surface area contributed by atoms with Crippen LogP contribution in [0.1, 0.15) is 24.0 Å². The molecule has 0 spiro atoms. The minimum Gasteiger partial charge on any atom is -0.481 e. The van der Waals surface area contributed by atoms with Gasteiger partial charge in [0.25, 0.3) is 0 Å². The van der Waals surface area contributed by atoms with Crippen molar-refractivity contribution in [3.63, 3.8) is 0 Å². The van der Waals surface area contributed by atoms with Crippen molar-refractivity contribution in [3.8, 4) is 0 Å². The Morgan fingerprint density at radius 2 is 2.24 bits per heavy atom. The first kappa shape index (κ1) is 11.6. The molecular formula is C13H15NO3. The van der Waals surface area contributed by atoms with Crippen molar-refractivity contribution in [2.45, 2.75) is 25.7 Å². The van der Waals surface area contributed by atoms with Gasteiger partial charge in [-0.05, 0) is 24.0 Å². The smallest absolute Gasteiger partial charge is 0.303 e. The number of hydrogen-bond donors (Lipinski definition) is 1. The van der Waals surface area contributed by atoms with Gasteiger partial charge in [-0.25, -0.2) is 0 Å². The van der Waals surface area contributed by atoms with Crippen LogP contribution < -0.4 is 4.90 Å². The Bertz CT molecular complexity index is 468. The van der Waals surface area contributed by atoms with Crippen LogP contribution in [0, 0.1) is 0 Å². The molecule has 2 rings (SSSR count). The molecule has 0 bridgehead atoms. The lowest BCUT2D eigenvalue weighted by Crippen LogP contribution is -2.21. The third-order valence-corrected chi connectivity index (χ3v) is 3.09. The summed E-state index contributed by atoms with van der Waals surface area (Å²) >= 11 is 0. The molecule has 17 heavy (non-hydrogen) atoms. The molecule has 1 amide bonds. The van der Waals surface area contributed by atoms with E-state index in [2.05, 4.69) is 0 Å². The van der Waals surface area contributed by atoms with E-state index in [9.17, 15) is 9.59 Å². The normalized spacial score (nSPS) is 13.9. The van der Waals surface area contributed by atoms with Gasteiger partial charge in [0.1, 0.15) is 0 Å². The number of likely N-dealkylation sites (N-methyl/N-ethyl adjacent to an activating group) is 1. The van der Waals surface area contributed by atoms with Crippen molar-refractivity contribution in [3.05, 3.63) is 29.3 Å². The number of fused-ring (bicyclic) bond motifs is 1. The molecule has 0 aromatic heterocycles. The van der Waals surface area contributed by atoms with Gasteiger partial charge in [-0.1, -0.05) is 18.2 Å². The summed E-state index contributed by atoms with van der Waals surface area (Å²) in [5.74, 6) is -0.673. The number of carboxylic acid groups (broad SMARTS) is 1. The van der Waals surface area contributed by atoms with Crippen LogP contribution in [0.2, 0.25) is 0 Å². The van der Waals surface area contributed by atoms with E-state index in [1.54, 1.807) is 11.9 Å². The maximum atomic E-state index is 11.6. The number of aliphatic carboxylic acids is 1. The van der Waals surface area contributed by atoms with E-state index in [0.717, 1.165) is 16.8 Å². The minimum atomic E-state index is -0.776. The first-order valence-corrected chi connectivity index (χ1v) is 5.68. The minimum absolute atomic E-state index is 0.102. The molecule has 0 fully saturated rings. The lowest BCUT2D eigenvalue weighted by atomic mass is 10.0. The van der Waals surface area contributed by atoms with Crippen molar-refractivity contribution in [2.24, 2.45) is 0 Å². The van der Waals surface area contributed by atoms with Crippen LogP contribution in [0.25, 0.3) is 0 Å². The van der Waals surface area contributed by atoms with Crippen LogP contribution in [0.4, 0.5) is 5.69 Å². The predicted octanol–water partition coefficient (Wildman–Crippen LogP) is 1.61. The molecule has 90 valence electrons. The van der Waals surface area contributed by atoms with Gasteiger partial charge in [0.2, 0.25) is 5.91 Å². The van der Waals surface area contributed by atoms with E-state index in [4.69, 9.17) is 5.11 Å². The van der Waals surface area contributed by atoms with Crippen LogP contribution in [-0.4, -0.2) is 24.0 Å². The van der Waals surface area contributed by atoms with Crippen LogP contribution in [0.15, 0.2) is 18.2 Å². The average Bonchev–Trinajstić information content (AvgIpc) is 2.55. The van der Waals surface area contributed by atoms with E-state index in [1.807, 2.05) is 18.2 Å². The maximum absolute atomic E-state index is 11.6. The van der Waals surface area contributed by atoms with E-state index in [-0.39, 0.29) is 12.3 Å². The fraction of sp³-hybridized carbons (Fsp3) is 0.385. The Kier molecular flexibility index (Phi) is 3.13. The van der Waals surface area contributed by atoms with Crippen LogP contribution in [0.5, 0.6) is 0 Å². The van der Waals surface area contributed by atoms with E-state index >= 15 is 0 Å². The quantitative estimate of drug-likeness (QED) is 0.859. The number of carbonyl (C=O) groups excluding carboxylic acids is 1. The van der Waals surface area contributed by atoms with Crippen molar-refractivity contribution < 1.29 is 14.7 Å². The molecule has 0 radical (unpaired) electrons. The van der Waals surface area contributed by atoms with Crippen molar-refractivity contribution in [1.29, 1.82) is 0 Å². The highest BCUT2D eigenvalue weighted by molar-refractivity contribution is 6.01. The SMILES string of the molecule is CN1C(=O)Cc2cccc(CCCC(=O)O)c21. The van der Waals surface area contributed by atoms with Gasteiger partial charge >= 0.3 is 5.97 Å². The van der Waals surface area contributed by atoms with Crippen LogP contribution >= 0.6 is 0 Å². The van der Waals surface area contributed by atoms with Crippen molar-refractivity contribution >= 4 is 17.6 Å². The number of anilines is 1. The zero-order valence-corrected chi connectivity index (χ0v) is 9.77. The summed E-state index contributed by atoms with van der Waals surface area (Å²) < 4.78 is 0. The molecule has 0 aliphatic carbocycles. The summed E-state index contributed by atoms with van der Waals surface area (Å²) in [6.07, 6.45) is 1.93. The zero-order chi connectivity index (χ0) is 12.4. The highest BCUT2D eigenvalue weighted by atomic mass is 16.4. The van der Waals surface area contributed by atoms with Gasteiger partial charge in [-0.3, -0.25) is 9.59 Å². The second-order valence-electron chi connectivity index (χ2n) is 4.30. The topological polar surface area (TPSA) is 57.6 Å². The standard InChI is InChI=1S/C13H15NO3/c1-14-11(15)8-10-6-2-4-9(13(10)14)5-3-7-12(16)17/h2,4,6H,3,5,7-8H2,1H3,(H,16,17). The van der Waals surface area contributed by atoms with Crippen LogP contribution in [0.3, 0.4) is 0 Å². The molecule has 1 heterocycles. The van der Waals surface area contributed by atoms with Gasteiger partial charge in [0, 0.05) is 13.5 Å². The number of para-hydroxylation sites is 1. The predicted molar refractivity (Wildman–Crippen MR) is 64.1 cm³/mol. The molecule has 0 unspecified atom stereocenters. The molecule has 4 nitrogen and oxygen atoms in total. The second kappa shape index (κ2) is 4.57. The fourth-order valence-electron chi connectivity index (χ4n) is 2.26. The Morgan fingerprint density at radius 3 is 2.94 bits per heavy atom. The summed E-state index contributed by atoms with van der Waals surface area (Å²) in [4.78, 5) is 23.7. The number of amides is 1. The maximum Gasteiger partial charge on any atom is 0.303 e. The zero-order valence-electron chi connectivity index (χ0n) is 9.77. The van der Waals surface area contributed by atoms with Gasteiger partial charge in [-0.15, -0.1) is 0 Å². The largest absolute Gasteiger partial charge is 0.481 e. The molecule has 1 aromatic carbocycles. The summed E-state index contributed by atoms with van der Waals surface area (Å²) in [7, 11) is 1.77. The second-order valence-corrected chi connectivity index (χ2v) is 4.30. The highest BCUT2D eigenvalue weighted by Gasteiger charge is 2.25. The van der Waals surface area contributed by atoms with E-state index in [0.29, 0.717) is 19.3 Å². The fourth-order valence-corrected chi connectivity index (χ4v) is 2.26. The Hall–Kier alpha value is -1.84. The number of carboxylic acids is 1. The van der Waals surface area contributed by atoms with Gasteiger partial charge < -0.3 is 10.0 Å². The summed E-state index contributed by atoms with van der Waals surface area (Å²) in [6.45, 7) is 0. The number of aryl methyl sites for hydroxylation is 1. The first-order chi connectivity index (χ1) is 8.09. The van der Waals surface area contributed by atoms with Gasteiger partial charge in [0.15, 0.2) is 0 Å². The highest BCUT2D eigenvalue weighted by Crippen LogP contribution is 2.32. The molecular weight excluding hydrogens is 218 g/mol. The molecule has 1 aliphatic rings. The van der Waals surface area contributed by atoms with Crippen molar-refractivity contribution in [2.75, 3.05) is 11.9 Å². The molecule has 1 aromatic rings. The number of benzene rings is 1. The molecule has 0 saturated heterocycles. The average molecular weight is 233 g/mol. The van der Waals surface area contributed by atoms with Crippen LogP contribution in [-0.2, 0) is 22.4 Å². The van der Waals surface area contributed by atoms with Gasteiger partial charge in [0.05, 0.1) is 12.1 Å². The Balaban J connectivity index is 2.17. The monoisotopic (exact) mass is 233 g/mol. The third kappa shape index (κ3) is 2.30. The third-order valence-electron chi connectivity index (χ3n) is 3.09.